The molecule has 2 atom stereocenters. The second kappa shape index (κ2) is 6.06. The molecule has 114 valence electrons. The van der Waals surface area contributed by atoms with Crippen LogP contribution in [0.25, 0.3) is 0 Å². The fraction of sp³-hybridized carbons (Fsp3) is 0.588. The lowest BCUT2D eigenvalue weighted by Gasteiger charge is -2.31. The molecule has 1 aliphatic carbocycles. The Morgan fingerprint density at radius 2 is 2.05 bits per heavy atom. The summed E-state index contributed by atoms with van der Waals surface area (Å²) in [6.07, 6.45) is 4.00. The first-order valence-corrected chi connectivity index (χ1v) is 7.98. The average Bonchev–Trinajstić information content (AvgIpc) is 2.66. The number of hydrogen-bond acceptors (Lipinski definition) is 3. The van der Waals surface area contributed by atoms with Crippen molar-refractivity contribution in [2.24, 2.45) is 11.7 Å². The van der Waals surface area contributed by atoms with Gasteiger partial charge in [0, 0.05) is 44.3 Å². The molecule has 1 fully saturated rings. The number of amides is 1. The molecule has 0 bridgehead atoms. The lowest BCUT2D eigenvalue weighted by atomic mass is 9.85. The summed E-state index contributed by atoms with van der Waals surface area (Å²) in [5, 5.41) is 0. The van der Waals surface area contributed by atoms with Crippen LogP contribution in [0.15, 0.2) is 24.3 Å². The van der Waals surface area contributed by atoms with Crippen molar-refractivity contribution in [2.45, 2.75) is 38.3 Å². The largest absolute Gasteiger partial charge is 0.373 e. The van der Waals surface area contributed by atoms with Gasteiger partial charge in [-0.3, -0.25) is 4.79 Å². The van der Waals surface area contributed by atoms with Crippen LogP contribution in [0.5, 0.6) is 0 Å². The Balaban J connectivity index is 1.76. The van der Waals surface area contributed by atoms with E-state index in [9.17, 15) is 4.79 Å². The molecule has 1 aromatic rings. The second-order valence-electron chi connectivity index (χ2n) is 6.43. The number of nitrogens with two attached hydrogens (primary N) is 1. The van der Waals surface area contributed by atoms with Gasteiger partial charge in [0.05, 0.1) is 0 Å². The smallest absolute Gasteiger partial charge is 0.226 e. The minimum absolute atomic E-state index is 0.129. The van der Waals surface area contributed by atoms with Gasteiger partial charge in [-0.25, -0.2) is 0 Å². The Morgan fingerprint density at radius 3 is 2.86 bits per heavy atom. The van der Waals surface area contributed by atoms with E-state index in [2.05, 4.69) is 36.2 Å². The molecule has 1 saturated carbocycles. The minimum Gasteiger partial charge on any atom is -0.373 e. The molecule has 21 heavy (non-hydrogen) atoms. The number of carbonyl (C=O) groups is 1. The molecule has 0 radical (unpaired) electrons. The highest BCUT2D eigenvalue weighted by Gasteiger charge is 2.30. The predicted molar refractivity (Wildman–Crippen MR) is 85.1 cm³/mol. The number of para-hydroxylation sites is 1. The first-order valence-electron chi connectivity index (χ1n) is 7.98. The fourth-order valence-corrected chi connectivity index (χ4v) is 3.59. The number of likely N-dealkylation sites (N-methyl/N-ethyl adjacent to an activating group) is 1. The van der Waals surface area contributed by atoms with Crippen LogP contribution in [-0.2, 0) is 11.3 Å². The van der Waals surface area contributed by atoms with Gasteiger partial charge in [-0.05, 0) is 30.9 Å². The van der Waals surface area contributed by atoms with E-state index >= 15 is 0 Å². The van der Waals surface area contributed by atoms with Gasteiger partial charge in [-0.2, -0.15) is 0 Å². The van der Waals surface area contributed by atoms with Crippen molar-refractivity contribution in [1.82, 2.24) is 4.90 Å². The maximum absolute atomic E-state index is 12.8. The van der Waals surface area contributed by atoms with Gasteiger partial charge in [0.15, 0.2) is 0 Å². The van der Waals surface area contributed by atoms with Crippen molar-refractivity contribution in [3.63, 3.8) is 0 Å². The Morgan fingerprint density at radius 1 is 1.24 bits per heavy atom. The molecule has 2 N–H and O–H groups in total. The number of rotatable bonds is 1. The van der Waals surface area contributed by atoms with E-state index in [4.69, 9.17) is 5.73 Å². The van der Waals surface area contributed by atoms with Gasteiger partial charge in [0.2, 0.25) is 5.91 Å². The third kappa shape index (κ3) is 3.05. The molecule has 4 heteroatoms. The van der Waals surface area contributed by atoms with Crippen molar-refractivity contribution < 1.29 is 4.79 Å². The highest BCUT2D eigenvalue weighted by atomic mass is 16.2. The predicted octanol–water partition coefficient (Wildman–Crippen LogP) is 1.98. The molecule has 2 aliphatic rings. The molecule has 0 spiro atoms. The van der Waals surface area contributed by atoms with E-state index in [1.165, 1.54) is 11.3 Å². The quantitative estimate of drug-likeness (QED) is 0.859. The third-order valence-corrected chi connectivity index (χ3v) is 4.85. The summed E-state index contributed by atoms with van der Waals surface area (Å²) in [5.74, 6) is 0.430. The summed E-state index contributed by atoms with van der Waals surface area (Å²) in [4.78, 5) is 17.1. The Bertz CT molecular complexity index is 517. The van der Waals surface area contributed by atoms with E-state index in [-0.39, 0.29) is 12.0 Å². The molecular formula is C17H25N3O. The maximum atomic E-state index is 12.8. The highest BCUT2D eigenvalue weighted by Crippen LogP contribution is 2.28. The lowest BCUT2D eigenvalue weighted by molar-refractivity contribution is -0.137. The fourth-order valence-electron chi connectivity index (χ4n) is 3.59. The molecule has 3 rings (SSSR count). The summed E-state index contributed by atoms with van der Waals surface area (Å²) in [7, 11) is 2.10. The molecule has 1 aromatic carbocycles. The highest BCUT2D eigenvalue weighted by molar-refractivity contribution is 5.79. The van der Waals surface area contributed by atoms with Crippen molar-refractivity contribution in [1.29, 1.82) is 0 Å². The summed E-state index contributed by atoms with van der Waals surface area (Å²) in [6.45, 7) is 2.42. The molecular weight excluding hydrogens is 262 g/mol. The van der Waals surface area contributed by atoms with Gasteiger partial charge in [-0.15, -0.1) is 0 Å². The zero-order valence-corrected chi connectivity index (χ0v) is 12.8. The van der Waals surface area contributed by atoms with Crippen molar-refractivity contribution in [3.05, 3.63) is 29.8 Å². The monoisotopic (exact) mass is 287 g/mol. The molecule has 0 aromatic heterocycles. The number of anilines is 1. The van der Waals surface area contributed by atoms with Crippen LogP contribution >= 0.6 is 0 Å². The molecule has 0 saturated heterocycles. The van der Waals surface area contributed by atoms with E-state index in [0.29, 0.717) is 5.91 Å². The number of carbonyl (C=O) groups excluding carboxylic acids is 1. The second-order valence-corrected chi connectivity index (χ2v) is 6.43. The molecule has 2 unspecified atom stereocenters. The first kappa shape index (κ1) is 14.4. The van der Waals surface area contributed by atoms with E-state index in [1.54, 1.807) is 0 Å². The van der Waals surface area contributed by atoms with Crippen LogP contribution in [-0.4, -0.2) is 37.0 Å². The number of benzene rings is 1. The van der Waals surface area contributed by atoms with Crippen LogP contribution in [0, 0.1) is 5.92 Å². The van der Waals surface area contributed by atoms with E-state index < -0.39 is 0 Å². The van der Waals surface area contributed by atoms with Crippen LogP contribution < -0.4 is 10.6 Å². The summed E-state index contributed by atoms with van der Waals surface area (Å²) >= 11 is 0. The van der Waals surface area contributed by atoms with Gasteiger partial charge in [0.25, 0.3) is 0 Å². The Labute approximate surface area is 126 Å². The van der Waals surface area contributed by atoms with Crippen LogP contribution in [0.2, 0.25) is 0 Å². The topological polar surface area (TPSA) is 49.6 Å². The van der Waals surface area contributed by atoms with Crippen molar-refractivity contribution in [2.75, 3.05) is 25.0 Å². The normalized spacial score (nSPS) is 26.2. The summed E-state index contributed by atoms with van der Waals surface area (Å²) in [6, 6.07) is 8.59. The van der Waals surface area contributed by atoms with Gasteiger partial charge < -0.3 is 15.5 Å². The third-order valence-electron chi connectivity index (χ3n) is 4.85. The number of hydrogen-bond donors (Lipinski definition) is 1. The minimum atomic E-state index is 0.129. The number of nitrogens with zero attached hydrogens (tertiary/aromatic N) is 2. The van der Waals surface area contributed by atoms with Gasteiger partial charge in [-0.1, -0.05) is 24.6 Å². The van der Waals surface area contributed by atoms with Gasteiger partial charge >= 0.3 is 0 Å². The van der Waals surface area contributed by atoms with Crippen molar-refractivity contribution in [3.8, 4) is 0 Å². The summed E-state index contributed by atoms with van der Waals surface area (Å²) in [5.41, 5.74) is 8.53. The zero-order chi connectivity index (χ0) is 14.8. The maximum Gasteiger partial charge on any atom is 0.226 e. The van der Waals surface area contributed by atoms with E-state index in [1.807, 2.05) is 4.90 Å². The first-order chi connectivity index (χ1) is 10.1. The Hall–Kier alpha value is -1.55. The average molecular weight is 287 g/mol. The van der Waals surface area contributed by atoms with Crippen LogP contribution in [0.4, 0.5) is 5.69 Å². The molecule has 1 heterocycles. The van der Waals surface area contributed by atoms with E-state index in [0.717, 1.165) is 45.3 Å². The van der Waals surface area contributed by atoms with Gasteiger partial charge in [0.1, 0.15) is 0 Å². The lowest BCUT2D eigenvalue weighted by Crippen LogP contribution is -2.41. The van der Waals surface area contributed by atoms with Crippen LogP contribution in [0.1, 0.15) is 31.2 Å². The molecule has 1 aliphatic heterocycles. The van der Waals surface area contributed by atoms with Crippen molar-refractivity contribution >= 4 is 11.6 Å². The summed E-state index contributed by atoms with van der Waals surface area (Å²) < 4.78 is 0. The molecule has 1 amide bonds. The number of fused-ring (bicyclic) bond motifs is 1. The SMILES string of the molecule is CN1CCN(C(=O)C2CCCC(N)C2)Cc2ccccc21. The Kier molecular flexibility index (Phi) is 4.15. The molecule has 4 nitrogen and oxygen atoms in total. The zero-order valence-electron chi connectivity index (χ0n) is 12.8. The standard InChI is InChI=1S/C17H25N3O/c1-19-9-10-20(12-14-5-2-3-8-16(14)19)17(21)13-6-4-7-15(18)11-13/h2-3,5,8,13,15H,4,6-7,9-12,18H2,1H3. The van der Waals surface area contributed by atoms with Crippen LogP contribution in [0.3, 0.4) is 0 Å².